The number of carbonyl (C=O) groups excluding carboxylic acids is 10. The molecule has 0 saturated carbocycles. The number of amides is 10. The van der Waals surface area contributed by atoms with Gasteiger partial charge in [-0.05, 0) is 49.7 Å². The molecule has 69 heavy (non-hydrogen) atoms. The molecule has 8 atom stereocenters. The Labute approximate surface area is 398 Å². The van der Waals surface area contributed by atoms with Crippen LogP contribution in [0.25, 0.3) is 10.9 Å². The molecule has 24 heteroatoms. The SMILES string of the molecule is CC(C)CC(NC(=O)[C@H](Cc1cnc[nH]1)NC(=O)CNC(=O)[C@@H](NC(=O)[C@H](C)NC(=O)[C@H](Cc1c[nH]c2ccccc12)NC(=O)[C@H](CCC(N)=O)NC(=O)[C@@H]1CCC(=O)N1)C(C)C)C(O)CC(N)=O. The average Bonchev–Trinajstić information content (AvgIpc) is 4.06. The molecule has 1 aliphatic heterocycles. The quantitative estimate of drug-likeness (QED) is 0.0369. The van der Waals surface area contributed by atoms with Crippen molar-refractivity contribution in [3.05, 3.63) is 54.2 Å². The van der Waals surface area contributed by atoms with E-state index in [0.29, 0.717) is 17.7 Å². The number of aromatic amines is 2. The molecule has 10 amide bonds. The maximum atomic E-state index is 14.0. The minimum atomic E-state index is -1.35. The fraction of sp³-hybridized carbons (Fsp3) is 0.533. The van der Waals surface area contributed by atoms with Gasteiger partial charge >= 0.3 is 0 Å². The van der Waals surface area contributed by atoms with Crippen molar-refractivity contribution >= 4 is 70.0 Å². The molecule has 0 spiro atoms. The van der Waals surface area contributed by atoms with Crippen LogP contribution in [0.3, 0.4) is 0 Å². The van der Waals surface area contributed by atoms with Gasteiger partial charge in [0.15, 0.2) is 0 Å². The molecule has 1 saturated heterocycles. The van der Waals surface area contributed by atoms with E-state index in [2.05, 4.69) is 57.5 Å². The zero-order valence-corrected chi connectivity index (χ0v) is 39.3. The molecule has 3 aromatic rings. The maximum Gasteiger partial charge on any atom is 0.243 e. The van der Waals surface area contributed by atoms with Crippen LogP contribution in [0.2, 0.25) is 0 Å². The Balaban J connectivity index is 1.43. The summed E-state index contributed by atoms with van der Waals surface area (Å²) in [6.45, 7) is 7.73. The molecule has 24 nitrogen and oxygen atoms in total. The molecule has 2 aromatic heterocycles. The number of benzene rings is 1. The molecule has 1 fully saturated rings. The molecular weight excluding hydrogens is 899 g/mol. The summed E-state index contributed by atoms with van der Waals surface area (Å²) in [5, 5.41) is 32.1. The van der Waals surface area contributed by atoms with Gasteiger partial charge in [0, 0.05) is 54.7 Å². The standard InChI is InChI=1S/C45H65N13O11/c1-22(2)14-31(34(59)17-36(47)61)56-44(68)33(16-26-19-48-21-51-26)54-38(63)20-50-45(69)39(23(3)4)58-40(64)24(5)52-43(67)32(15-25-18-49-28-9-7-6-8-27(25)28)57-42(66)30(10-12-35(46)60)55-41(65)29-11-13-37(62)53-29/h6-9,18-19,21-24,29-34,39,49,59H,10-17,20H2,1-5H3,(H2,46,60)(H2,47,61)(H,48,51)(H,50,69)(H,52,67)(H,53,62)(H,54,63)(H,55,65)(H,56,68)(H,57,66)(H,58,64)/t24-,29-,30-,31?,32-,33-,34?,39-/m0/s1. The molecule has 2 unspecified atom stereocenters. The number of hydrogen-bond acceptors (Lipinski definition) is 12. The summed E-state index contributed by atoms with van der Waals surface area (Å²) in [5.74, 6) is -7.73. The Kier molecular flexibility index (Phi) is 20.2. The number of aliphatic hydroxyl groups excluding tert-OH is 1. The first kappa shape index (κ1) is 54.2. The number of imidazole rings is 1. The van der Waals surface area contributed by atoms with Crippen molar-refractivity contribution in [2.45, 2.75) is 134 Å². The highest BCUT2D eigenvalue weighted by Gasteiger charge is 2.35. The monoisotopic (exact) mass is 963 g/mol. The number of hydrogen-bond donors (Lipinski definition) is 13. The molecule has 0 bridgehead atoms. The van der Waals surface area contributed by atoms with E-state index in [1.165, 1.54) is 19.4 Å². The summed E-state index contributed by atoms with van der Waals surface area (Å²) in [5.41, 5.74) is 12.5. The number of carbonyl (C=O) groups is 10. The highest BCUT2D eigenvalue weighted by molar-refractivity contribution is 5.98. The molecule has 376 valence electrons. The lowest BCUT2D eigenvalue weighted by molar-refractivity contribution is -0.135. The van der Waals surface area contributed by atoms with Gasteiger partial charge in [-0.25, -0.2) is 4.98 Å². The van der Waals surface area contributed by atoms with Crippen molar-refractivity contribution in [2.24, 2.45) is 23.3 Å². The van der Waals surface area contributed by atoms with Gasteiger partial charge in [-0.1, -0.05) is 45.9 Å². The Morgan fingerprint density at radius 3 is 2.09 bits per heavy atom. The fourth-order valence-electron chi connectivity index (χ4n) is 7.63. The van der Waals surface area contributed by atoms with Gasteiger partial charge in [0.05, 0.1) is 31.4 Å². The van der Waals surface area contributed by atoms with Gasteiger partial charge in [-0.3, -0.25) is 47.9 Å². The van der Waals surface area contributed by atoms with E-state index in [1.807, 2.05) is 32.0 Å². The second-order valence-corrected chi connectivity index (χ2v) is 17.9. The van der Waals surface area contributed by atoms with Crippen LogP contribution in [-0.2, 0) is 60.8 Å². The maximum absolute atomic E-state index is 14.0. The lowest BCUT2D eigenvalue weighted by Crippen LogP contribution is -2.59. The third-order valence-electron chi connectivity index (χ3n) is 11.3. The number of fused-ring (bicyclic) bond motifs is 1. The number of H-pyrrole nitrogens is 2. The van der Waals surface area contributed by atoms with E-state index in [4.69, 9.17) is 11.5 Å². The first-order valence-electron chi connectivity index (χ1n) is 22.8. The zero-order valence-electron chi connectivity index (χ0n) is 39.3. The number of aliphatic hydroxyl groups is 1. The molecule has 0 radical (unpaired) electrons. The molecule has 4 rings (SSSR count). The summed E-state index contributed by atoms with van der Waals surface area (Å²) < 4.78 is 0. The molecule has 15 N–H and O–H groups in total. The average molecular weight is 964 g/mol. The predicted molar refractivity (Wildman–Crippen MR) is 248 cm³/mol. The lowest BCUT2D eigenvalue weighted by atomic mass is 9.96. The molecular formula is C45H65N13O11. The second kappa shape index (κ2) is 25.7. The molecule has 0 aliphatic carbocycles. The van der Waals surface area contributed by atoms with E-state index in [1.54, 1.807) is 26.1 Å². The van der Waals surface area contributed by atoms with E-state index >= 15 is 0 Å². The van der Waals surface area contributed by atoms with Crippen molar-refractivity contribution in [3.8, 4) is 0 Å². The smallest absolute Gasteiger partial charge is 0.243 e. The summed E-state index contributed by atoms with van der Waals surface area (Å²) in [7, 11) is 0. The van der Waals surface area contributed by atoms with Crippen molar-refractivity contribution in [1.29, 1.82) is 0 Å². The van der Waals surface area contributed by atoms with Crippen LogP contribution in [-0.4, -0.2) is 134 Å². The molecule has 1 aromatic carbocycles. The van der Waals surface area contributed by atoms with E-state index in [-0.39, 0.29) is 50.4 Å². The van der Waals surface area contributed by atoms with E-state index < -0.39 is 120 Å². The number of aromatic nitrogens is 3. The van der Waals surface area contributed by atoms with Crippen LogP contribution < -0.4 is 54.0 Å². The highest BCUT2D eigenvalue weighted by Crippen LogP contribution is 2.20. The van der Waals surface area contributed by atoms with Crippen LogP contribution in [0.5, 0.6) is 0 Å². The van der Waals surface area contributed by atoms with Gasteiger partial charge < -0.3 is 69.1 Å². The first-order valence-corrected chi connectivity index (χ1v) is 22.8. The number of nitrogens with one attached hydrogen (secondary N) is 10. The second-order valence-electron chi connectivity index (χ2n) is 17.9. The summed E-state index contributed by atoms with van der Waals surface area (Å²) >= 11 is 0. The topological polar surface area (TPSA) is 384 Å². The van der Waals surface area contributed by atoms with Crippen molar-refractivity contribution in [1.82, 2.24) is 57.5 Å². The Bertz CT molecular complexity index is 2320. The van der Waals surface area contributed by atoms with Crippen LogP contribution in [0.4, 0.5) is 0 Å². The van der Waals surface area contributed by atoms with Gasteiger partial charge in [0.2, 0.25) is 59.1 Å². The van der Waals surface area contributed by atoms with Gasteiger partial charge in [0.1, 0.15) is 36.3 Å². The third kappa shape index (κ3) is 17.0. The minimum absolute atomic E-state index is 0.000494. The van der Waals surface area contributed by atoms with Crippen molar-refractivity contribution < 1.29 is 53.1 Å². The first-order chi connectivity index (χ1) is 32.6. The largest absolute Gasteiger partial charge is 0.390 e. The van der Waals surface area contributed by atoms with E-state index in [9.17, 15) is 53.1 Å². The van der Waals surface area contributed by atoms with Crippen LogP contribution in [0.15, 0.2) is 43.0 Å². The van der Waals surface area contributed by atoms with Gasteiger partial charge in [-0.2, -0.15) is 0 Å². The van der Waals surface area contributed by atoms with Crippen LogP contribution >= 0.6 is 0 Å². The number of rotatable bonds is 27. The molecule has 3 heterocycles. The number of primary amides is 2. The zero-order chi connectivity index (χ0) is 50.9. The number of para-hydroxylation sites is 1. The lowest BCUT2D eigenvalue weighted by Gasteiger charge is -2.28. The minimum Gasteiger partial charge on any atom is -0.390 e. The predicted octanol–water partition coefficient (Wildman–Crippen LogP) is -2.80. The Morgan fingerprint density at radius 1 is 0.783 bits per heavy atom. The summed E-state index contributed by atoms with van der Waals surface area (Å²) in [6.07, 6.45) is 2.72. The van der Waals surface area contributed by atoms with Crippen LogP contribution in [0.1, 0.15) is 84.4 Å². The van der Waals surface area contributed by atoms with Crippen LogP contribution in [0, 0.1) is 11.8 Å². The highest BCUT2D eigenvalue weighted by atomic mass is 16.3. The van der Waals surface area contributed by atoms with Crippen molar-refractivity contribution in [3.63, 3.8) is 0 Å². The van der Waals surface area contributed by atoms with Gasteiger partial charge in [0.25, 0.3) is 0 Å². The normalized spacial score (nSPS) is 16.5. The number of nitrogens with zero attached hydrogens (tertiary/aromatic N) is 1. The summed E-state index contributed by atoms with van der Waals surface area (Å²) in [4.78, 5) is 140. The van der Waals surface area contributed by atoms with E-state index in [0.717, 1.165) is 10.9 Å². The fourth-order valence-corrected chi connectivity index (χ4v) is 7.63. The Morgan fingerprint density at radius 2 is 1.46 bits per heavy atom. The summed E-state index contributed by atoms with van der Waals surface area (Å²) in [6, 6.07) is -1.00. The number of nitrogens with two attached hydrogens (primary N) is 2. The van der Waals surface area contributed by atoms with Gasteiger partial charge in [-0.15, -0.1) is 0 Å². The Hall–Kier alpha value is -7.37. The third-order valence-corrected chi connectivity index (χ3v) is 11.3. The van der Waals surface area contributed by atoms with Crippen molar-refractivity contribution in [2.75, 3.05) is 6.54 Å². The molecule has 1 aliphatic rings.